The molecule has 2 heterocycles. The summed E-state index contributed by atoms with van der Waals surface area (Å²) in [4.78, 5) is 30.5. The number of aryl methyl sites for hydroxylation is 1. The van der Waals surface area contributed by atoms with Crippen LogP contribution in [-0.4, -0.2) is 16.6 Å². The van der Waals surface area contributed by atoms with Gasteiger partial charge in [0.25, 0.3) is 11.2 Å². The molecule has 8 heteroatoms. The van der Waals surface area contributed by atoms with Gasteiger partial charge in [0, 0.05) is 17.7 Å². The number of nitro benzene ring substituents is 1. The number of hydrogen-bond acceptors (Lipinski definition) is 6. The van der Waals surface area contributed by atoms with Gasteiger partial charge in [-0.15, -0.1) is 0 Å². The summed E-state index contributed by atoms with van der Waals surface area (Å²) >= 11 is 1.33. The second kappa shape index (κ2) is 8.73. The Morgan fingerprint density at radius 1 is 1.08 bits per heavy atom. The molecule has 0 bridgehead atoms. The Balaban J connectivity index is 1.62. The van der Waals surface area contributed by atoms with E-state index in [9.17, 15) is 14.9 Å². The first-order chi connectivity index (χ1) is 17.5. The highest BCUT2D eigenvalue weighted by Gasteiger charge is 2.33. The molecular weight excluding hydrogens is 474 g/mol. The van der Waals surface area contributed by atoms with E-state index in [1.54, 1.807) is 23.8 Å². The molecule has 3 aromatic carbocycles. The molecule has 1 unspecified atom stereocenters. The molecule has 0 radical (unpaired) electrons. The first kappa shape index (κ1) is 22.2. The van der Waals surface area contributed by atoms with Crippen LogP contribution in [0, 0.1) is 10.1 Å². The molecule has 6 rings (SSSR count). The molecule has 1 aromatic heterocycles. The lowest BCUT2D eigenvalue weighted by Crippen LogP contribution is -2.38. The molecule has 2 aliphatic rings. The highest BCUT2D eigenvalue weighted by Crippen LogP contribution is 2.41. The molecule has 0 fully saturated rings. The van der Waals surface area contributed by atoms with Crippen LogP contribution in [-0.2, 0) is 6.42 Å². The highest BCUT2D eigenvalue weighted by molar-refractivity contribution is 7.07. The van der Waals surface area contributed by atoms with Crippen molar-refractivity contribution in [2.45, 2.75) is 18.9 Å². The van der Waals surface area contributed by atoms with Crippen molar-refractivity contribution in [3.8, 4) is 5.75 Å². The fourth-order valence-corrected chi connectivity index (χ4v) is 6.01. The first-order valence-electron chi connectivity index (χ1n) is 11.5. The van der Waals surface area contributed by atoms with E-state index >= 15 is 0 Å². The minimum absolute atomic E-state index is 0.00127. The Morgan fingerprint density at radius 3 is 2.75 bits per heavy atom. The standard InChI is InChI=1S/C28H21N3O4S/c1-35-21-10-4-6-17(14-21)15-24-27(32)30-26(19-8-5-9-20(16-19)31(33)34)23-13-12-18-7-2-3-11-22(18)25(23)29-28(30)36-24/h2-11,14-16,26H,12-13H2,1H3. The molecule has 0 saturated carbocycles. The van der Waals surface area contributed by atoms with Crippen LogP contribution < -0.4 is 19.6 Å². The Bertz CT molecular complexity index is 1750. The smallest absolute Gasteiger partial charge is 0.271 e. The summed E-state index contributed by atoms with van der Waals surface area (Å²) < 4.78 is 7.57. The summed E-state index contributed by atoms with van der Waals surface area (Å²) in [7, 11) is 1.61. The van der Waals surface area contributed by atoms with E-state index in [1.807, 2.05) is 48.5 Å². The van der Waals surface area contributed by atoms with Crippen LogP contribution in [0.5, 0.6) is 5.75 Å². The third kappa shape index (κ3) is 3.67. The van der Waals surface area contributed by atoms with Gasteiger partial charge in [-0.3, -0.25) is 19.5 Å². The van der Waals surface area contributed by atoms with Crippen molar-refractivity contribution in [1.29, 1.82) is 0 Å². The number of thiazole rings is 1. The lowest BCUT2D eigenvalue weighted by Gasteiger charge is -2.30. The summed E-state index contributed by atoms with van der Waals surface area (Å²) in [6, 6.07) is 21.8. The van der Waals surface area contributed by atoms with Gasteiger partial charge in [-0.1, -0.05) is 59.9 Å². The van der Waals surface area contributed by atoms with E-state index < -0.39 is 11.0 Å². The zero-order valence-electron chi connectivity index (χ0n) is 19.4. The Morgan fingerprint density at radius 2 is 1.92 bits per heavy atom. The van der Waals surface area contributed by atoms with Crippen molar-refractivity contribution in [2.24, 2.45) is 4.99 Å². The maximum Gasteiger partial charge on any atom is 0.271 e. The van der Waals surface area contributed by atoms with Crippen LogP contribution in [0.4, 0.5) is 5.69 Å². The van der Waals surface area contributed by atoms with Gasteiger partial charge in [0.1, 0.15) is 5.75 Å². The molecule has 0 spiro atoms. The molecule has 1 aliphatic carbocycles. The van der Waals surface area contributed by atoms with Crippen LogP contribution in [0.15, 0.2) is 88.2 Å². The number of rotatable bonds is 4. The monoisotopic (exact) mass is 495 g/mol. The number of nitrogens with zero attached hydrogens (tertiary/aromatic N) is 3. The number of nitro groups is 1. The van der Waals surface area contributed by atoms with Crippen molar-refractivity contribution in [2.75, 3.05) is 7.11 Å². The average molecular weight is 496 g/mol. The molecule has 7 nitrogen and oxygen atoms in total. The first-order valence-corrected chi connectivity index (χ1v) is 12.4. The second-order valence-corrected chi connectivity index (χ2v) is 9.75. The number of benzene rings is 3. The minimum Gasteiger partial charge on any atom is -0.497 e. The molecule has 178 valence electrons. The van der Waals surface area contributed by atoms with E-state index in [0.29, 0.717) is 20.6 Å². The van der Waals surface area contributed by atoms with Gasteiger partial charge in [-0.05, 0) is 53.3 Å². The molecule has 36 heavy (non-hydrogen) atoms. The van der Waals surface area contributed by atoms with Crippen LogP contribution >= 0.6 is 11.3 Å². The van der Waals surface area contributed by atoms with Crippen LogP contribution in [0.25, 0.3) is 11.8 Å². The molecular formula is C28H21N3O4S. The van der Waals surface area contributed by atoms with Gasteiger partial charge in [0.15, 0.2) is 4.80 Å². The van der Waals surface area contributed by atoms with Gasteiger partial charge >= 0.3 is 0 Å². The summed E-state index contributed by atoms with van der Waals surface area (Å²) in [5.41, 5.74) is 5.54. The number of ether oxygens (including phenoxy) is 1. The van der Waals surface area contributed by atoms with E-state index in [1.165, 1.54) is 23.0 Å². The van der Waals surface area contributed by atoms with E-state index in [4.69, 9.17) is 9.73 Å². The SMILES string of the molecule is COc1cccc(C=c2sc3n(c2=O)C(c2cccc([N+](=O)[O-])c2)C2=C(N=3)c3ccccc3CC2)c1. The van der Waals surface area contributed by atoms with Gasteiger partial charge < -0.3 is 4.74 Å². The number of fused-ring (bicyclic) bond motifs is 3. The predicted octanol–water partition coefficient (Wildman–Crippen LogP) is 4.24. The third-order valence-corrected chi connectivity index (χ3v) is 7.64. The van der Waals surface area contributed by atoms with Crippen LogP contribution in [0.2, 0.25) is 0 Å². The number of non-ortho nitro benzene ring substituents is 1. The molecule has 0 saturated heterocycles. The Labute approximate surface area is 210 Å². The molecule has 0 N–H and O–H groups in total. The van der Waals surface area contributed by atoms with E-state index in [-0.39, 0.29) is 11.2 Å². The normalized spacial score (nSPS) is 16.6. The maximum absolute atomic E-state index is 13.8. The summed E-state index contributed by atoms with van der Waals surface area (Å²) in [5.74, 6) is 0.707. The number of allylic oxidation sites excluding steroid dienone is 1. The lowest BCUT2D eigenvalue weighted by atomic mass is 9.83. The van der Waals surface area contributed by atoms with Crippen molar-refractivity contribution in [1.82, 2.24) is 4.57 Å². The minimum atomic E-state index is -0.461. The molecule has 4 aromatic rings. The zero-order chi connectivity index (χ0) is 24.8. The summed E-state index contributed by atoms with van der Waals surface area (Å²) in [6.07, 6.45) is 3.39. The number of aromatic nitrogens is 1. The van der Waals surface area contributed by atoms with Gasteiger partial charge in [0.05, 0.1) is 28.3 Å². The molecule has 1 atom stereocenters. The van der Waals surface area contributed by atoms with Gasteiger partial charge in [-0.25, -0.2) is 4.99 Å². The highest BCUT2D eigenvalue weighted by atomic mass is 32.1. The van der Waals surface area contributed by atoms with Crippen molar-refractivity contribution >= 4 is 28.8 Å². The number of methoxy groups -OCH3 is 1. The van der Waals surface area contributed by atoms with Gasteiger partial charge in [-0.2, -0.15) is 0 Å². The van der Waals surface area contributed by atoms with E-state index in [2.05, 4.69) is 12.1 Å². The second-order valence-electron chi connectivity index (χ2n) is 8.74. The largest absolute Gasteiger partial charge is 0.497 e. The van der Waals surface area contributed by atoms with Crippen molar-refractivity contribution in [3.63, 3.8) is 0 Å². The maximum atomic E-state index is 13.8. The Hall–Kier alpha value is -4.30. The predicted molar refractivity (Wildman–Crippen MR) is 139 cm³/mol. The van der Waals surface area contributed by atoms with Crippen molar-refractivity contribution < 1.29 is 9.66 Å². The summed E-state index contributed by atoms with van der Waals surface area (Å²) in [6.45, 7) is 0. The van der Waals surface area contributed by atoms with E-state index in [0.717, 1.165) is 35.2 Å². The fourth-order valence-electron chi connectivity index (χ4n) is 5.01. The lowest BCUT2D eigenvalue weighted by molar-refractivity contribution is -0.384. The topological polar surface area (TPSA) is 86.7 Å². The average Bonchev–Trinajstić information content (AvgIpc) is 3.21. The quantitative estimate of drug-likeness (QED) is 0.313. The third-order valence-electron chi connectivity index (χ3n) is 6.66. The summed E-state index contributed by atoms with van der Waals surface area (Å²) in [5, 5.41) is 11.5. The fraction of sp³-hybridized carbons (Fsp3) is 0.143. The number of hydrogen-bond donors (Lipinski definition) is 0. The van der Waals surface area contributed by atoms with Crippen LogP contribution in [0.3, 0.4) is 0 Å². The molecule has 1 aliphatic heterocycles. The zero-order valence-corrected chi connectivity index (χ0v) is 20.2. The molecule has 0 amide bonds. The van der Waals surface area contributed by atoms with Gasteiger partial charge in [0.2, 0.25) is 0 Å². The Kier molecular flexibility index (Phi) is 5.38. The van der Waals surface area contributed by atoms with Crippen molar-refractivity contribution in [3.05, 3.63) is 130 Å². The van der Waals surface area contributed by atoms with Crippen LogP contribution in [0.1, 0.15) is 34.7 Å².